The molecule has 3 N–H and O–H groups in total. The molecule has 110 valence electrons. The van der Waals surface area contributed by atoms with Gasteiger partial charge in [-0.1, -0.05) is 0 Å². The van der Waals surface area contributed by atoms with Crippen molar-refractivity contribution in [2.24, 2.45) is 12.8 Å². The number of nitrogens with zero attached hydrogens (tertiary/aromatic N) is 1. The summed E-state index contributed by atoms with van der Waals surface area (Å²) >= 11 is 0. The van der Waals surface area contributed by atoms with Gasteiger partial charge in [-0.25, -0.2) is 13.1 Å². The van der Waals surface area contributed by atoms with Gasteiger partial charge in [-0.2, -0.15) is 0 Å². The number of rotatable bonds is 9. The summed E-state index contributed by atoms with van der Waals surface area (Å²) in [5, 5.41) is 0. The Morgan fingerprint density at radius 1 is 1.37 bits per heavy atom. The zero-order valence-electron chi connectivity index (χ0n) is 11.3. The molecular weight excluding hydrogens is 270 g/mol. The lowest BCUT2D eigenvalue weighted by Crippen LogP contribution is -2.27. The van der Waals surface area contributed by atoms with Crippen LogP contribution < -0.4 is 10.5 Å². The summed E-state index contributed by atoms with van der Waals surface area (Å²) in [6.45, 7) is 1.76. The summed E-state index contributed by atoms with van der Waals surface area (Å²) in [5.74, 6) is 0. The Hall–Kier alpha value is -0.930. The van der Waals surface area contributed by atoms with Gasteiger partial charge in [-0.3, -0.25) is 0 Å². The summed E-state index contributed by atoms with van der Waals surface area (Å²) in [7, 11) is -0.164. The average Bonchev–Trinajstić information content (AvgIpc) is 2.76. The Morgan fingerprint density at radius 3 is 2.68 bits per heavy atom. The van der Waals surface area contributed by atoms with Crippen molar-refractivity contribution in [1.82, 2.24) is 9.29 Å². The lowest BCUT2D eigenvalue weighted by Gasteiger charge is -2.05. The quantitative estimate of drug-likeness (QED) is 0.594. The van der Waals surface area contributed by atoms with Crippen LogP contribution in [0.5, 0.6) is 0 Å². The largest absolute Gasteiger partial charge is 0.382 e. The molecule has 0 atom stereocenters. The molecule has 0 radical (unpaired) electrons. The minimum atomic E-state index is -3.50. The molecule has 0 saturated heterocycles. The number of methoxy groups -OCH3 is 1. The van der Waals surface area contributed by atoms with Crippen molar-refractivity contribution in [3.05, 3.63) is 18.0 Å². The summed E-state index contributed by atoms with van der Waals surface area (Å²) < 4.78 is 38.1. The van der Waals surface area contributed by atoms with Gasteiger partial charge in [0.2, 0.25) is 10.0 Å². The lowest BCUT2D eigenvalue weighted by molar-refractivity contribution is 0.0736. The van der Waals surface area contributed by atoms with Crippen LogP contribution in [0.2, 0.25) is 0 Å². The lowest BCUT2D eigenvalue weighted by atomic mass is 10.4. The van der Waals surface area contributed by atoms with Crippen LogP contribution in [-0.2, 0) is 33.1 Å². The molecule has 0 unspecified atom stereocenters. The molecule has 0 spiro atoms. The second kappa shape index (κ2) is 7.61. The molecule has 1 aromatic heterocycles. The highest BCUT2D eigenvalue weighted by Crippen LogP contribution is 2.12. The predicted octanol–water partition coefficient (Wildman–Crippen LogP) is -0.575. The molecule has 0 aromatic carbocycles. The maximum absolute atomic E-state index is 12.0. The van der Waals surface area contributed by atoms with Gasteiger partial charge < -0.3 is 19.8 Å². The Bertz CT molecular complexity index is 484. The Labute approximate surface area is 113 Å². The van der Waals surface area contributed by atoms with Crippen LogP contribution >= 0.6 is 0 Å². The Balaban J connectivity index is 2.47. The molecule has 1 aromatic rings. The molecular formula is C11H21N3O4S. The van der Waals surface area contributed by atoms with Crippen LogP contribution in [0.4, 0.5) is 0 Å². The summed E-state index contributed by atoms with van der Waals surface area (Å²) in [5.41, 5.74) is 6.27. The highest BCUT2D eigenvalue weighted by atomic mass is 32.2. The van der Waals surface area contributed by atoms with Gasteiger partial charge in [-0.05, 0) is 6.07 Å². The first-order valence-corrected chi connectivity index (χ1v) is 7.41. The van der Waals surface area contributed by atoms with E-state index in [1.807, 2.05) is 0 Å². The van der Waals surface area contributed by atoms with Crippen LogP contribution in [0, 0.1) is 0 Å². The van der Waals surface area contributed by atoms with Gasteiger partial charge in [0.1, 0.15) is 0 Å². The van der Waals surface area contributed by atoms with E-state index < -0.39 is 10.0 Å². The summed E-state index contributed by atoms with van der Waals surface area (Å²) in [6, 6.07) is 1.56. The normalized spacial score (nSPS) is 11.9. The number of aryl methyl sites for hydroxylation is 1. The molecule has 0 saturated carbocycles. The minimum Gasteiger partial charge on any atom is -0.382 e. The van der Waals surface area contributed by atoms with E-state index in [4.69, 9.17) is 15.2 Å². The van der Waals surface area contributed by atoms with Crippen molar-refractivity contribution in [1.29, 1.82) is 0 Å². The number of hydrogen-bond acceptors (Lipinski definition) is 5. The number of aromatic nitrogens is 1. The number of nitrogens with one attached hydrogen (secondary N) is 1. The second-order valence-corrected chi connectivity index (χ2v) is 5.75. The van der Waals surface area contributed by atoms with Crippen molar-refractivity contribution < 1.29 is 17.9 Å². The van der Waals surface area contributed by atoms with E-state index in [0.29, 0.717) is 26.4 Å². The summed E-state index contributed by atoms with van der Waals surface area (Å²) in [6.07, 6.45) is 1.54. The molecule has 0 fully saturated rings. The number of ether oxygens (including phenoxy) is 2. The standard InChI is InChI=1S/C11H21N3O4S/c1-14-9-11(7-10(14)8-12)19(15,16)13-3-4-18-6-5-17-2/h7,9,13H,3-6,8,12H2,1-2H3. The third-order valence-corrected chi connectivity index (χ3v) is 4.00. The molecule has 1 rings (SSSR count). The highest BCUT2D eigenvalue weighted by molar-refractivity contribution is 7.89. The van der Waals surface area contributed by atoms with Gasteiger partial charge in [-0.15, -0.1) is 0 Å². The smallest absolute Gasteiger partial charge is 0.242 e. The maximum atomic E-state index is 12.0. The average molecular weight is 291 g/mol. The van der Waals surface area contributed by atoms with Crippen LogP contribution in [0.3, 0.4) is 0 Å². The van der Waals surface area contributed by atoms with Gasteiger partial charge in [0.15, 0.2) is 0 Å². The van der Waals surface area contributed by atoms with Crippen molar-refractivity contribution in [3.63, 3.8) is 0 Å². The monoisotopic (exact) mass is 291 g/mol. The van der Waals surface area contributed by atoms with E-state index in [2.05, 4.69) is 4.72 Å². The zero-order valence-corrected chi connectivity index (χ0v) is 12.1. The number of hydrogen-bond donors (Lipinski definition) is 2. The van der Waals surface area contributed by atoms with E-state index in [-0.39, 0.29) is 11.4 Å². The molecule has 19 heavy (non-hydrogen) atoms. The Kier molecular flexibility index (Phi) is 6.46. The fourth-order valence-electron chi connectivity index (χ4n) is 1.50. The van der Waals surface area contributed by atoms with Crippen molar-refractivity contribution in [3.8, 4) is 0 Å². The van der Waals surface area contributed by atoms with E-state index in [1.165, 1.54) is 6.20 Å². The zero-order chi connectivity index (χ0) is 14.3. The van der Waals surface area contributed by atoms with Crippen LogP contribution in [0.1, 0.15) is 5.69 Å². The first kappa shape index (κ1) is 16.1. The van der Waals surface area contributed by atoms with Gasteiger partial charge in [0.25, 0.3) is 0 Å². The molecule has 0 bridgehead atoms. The highest BCUT2D eigenvalue weighted by Gasteiger charge is 2.16. The molecule has 7 nitrogen and oxygen atoms in total. The van der Waals surface area contributed by atoms with Crippen molar-refractivity contribution in [2.45, 2.75) is 11.4 Å². The number of sulfonamides is 1. The number of nitrogens with two attached hydrogens (primary N) is 1. The minimum absolute atomic E-state index is 0.215. The van der Waals surface area contributed by atoms with E-state index in [1.54, 1.807) is 24.8 Å². The molecule has 0 aliphatic rings. The third-order valence-electron chi connectivity index (χ3n) is 2.57. The summed E-state index contributed by atoms with van der Waals surface area (Å²) in [4.78, 5) is 0.215. The molecule has 0 aliphatic heterocycles. The van der Waals surface area contributed by atoms with Crippen LogP contribution in [0.25, 0.3) is 0 Å². The maximum Gasteiger partial charge on any atom is 0.242 e. The molecule has 1 heterocycles. The SMILES string of the molecule is COCCOCCNS(=O)(=O)c1cc(CN)n(C)c1. The van der Waals surface area contributed by atoms with Crippen LogP contribution in [0.15, 0.2) is 17.2 Å². The van der Waals surface area contributed by atoms with E-state index >= 15 is 0 Å². The van der Waals surface area contributed by atoms with Crippen molar-refractivity contribution >= 4 is 10.0 Å². The Morgan fingerprint density at radius 2 is 2.11 bits per heavy atom. The van der Waals surface area contributed by atoms with E-state index in [9.17, 15) is 8.42 Å². The second-order valence-electron chi connectivity index (χ2n) is 3.99. The topological polar surface area (TPSA) is 95.6 Å². The molecule has 0 aliphatic carbocycles. The predicted molar refractivity (Wildman–Crippen MR) is 71.2 cm³/mol. The van der Waals surface area contributed by atoms with Gasteiger partial charge in [0.05, 0.1) is 24.7 Å². The molecule has 0 amide bonds. The van der Waals surface area contributed by atoms with E-state index in [0.717, 1.165) is 5.69 Å². The van der Waals surface area contributed by atoms with Crippen LogP contribution in [-0.4, -0.2) is 46.5 Å². The van der Waals surface area contributed by atoms with Gasteiger partial charge >= 0.3 is 0 Å². The van der Waals surface area contributed by atoms with Crippen molar-refractivity contribution in [2.75, 3.05) is 33.5 Å². The first-order valence-electron chi connectivity index (χ1n) is 5.93. The third kappa shape index (κ3) is 4.92. The van der Waals surface area contributed by atoms with Gasteiger partial charge in [0, 0.05) is 39.1 Å². The fourth-order valence-corrected chi connectivity index (χ4v) is 2.61. The first-order chi connectivity index (χ1) is 9.01. The fraction of sp³-hybridized carbons (Fsp3) is 0.636. The molecule has 8 heteroatoms.